The largest absolute Gasteiger partial charge is 0.361 e. The minimum atomic E-state index is -0.242. The molecule has 4 aromatic rings. The maximum Gasteiger partial charge on any atom is 0.251 e. The fraction of sp³-hybridized carbons (Fsp3) is 0.143. The Morgan fingerprint density at radius 1 is 1.22 bits per heavy atom. The molecule has 2 N–H and O–H groups in total. The van der Waals surface area contributed by atoms with E-state index in [1.54, 1.807) is 30.6 Å². The standard InChI is InChI=1S/C21H19N3O2S/c1-24-9-8-14(11-20(24)25)21(26)23-13-17(19-7-4-10-27-19)16-12-22-18-6-3-2-5-15(16)18/h2-12,17,22H,13H2,1H3,(H,23,26). The van der Waals surface area contributed by atoms with Gasteiger partial charge in [0.2, 0.25) is 0 Å². The molecule has 0 saturated heterocycles. The number of thiophene rings is 1. The lowest BCUT2D eigenvalue weighted by Crippen LogP contribution is -2.30. The Morgan fingerprint density at radius 2 is 2.07 bits per heavy atom. The third kappa shape index (κ3) is 3.44. The molecule has 1 unspecified atom stereocenters. The molecule has 4 rings (SSSR count). The van der Waals surface area contributed by atoms with E-state index < -0.39 is 0 Å². The highest BCUT2D eigenvalue weighted by atomic mass is 32.1. The minimum absolute atomic E-state index is 0.0386. The van der Waals surface area contributed by atoms with Crippen LogP contribution in [0, 0.1) is 0 Å². The molecule has 0 fully saturated rings. The number of pyridine rings is 1. The first-order valence-corrected chi connectivity index (χ1v) is 9.56. The number of aromatic amines is 1. The van der Waals surface area contributed by atoms with Gasteiger partial charge in [0.25, 0.3) is 11.5 Å². The number of benzene rings is 1. The third-order valence-corrected chi connectivity index (χ3v) is 5.70. The molecule has 0 aliphatic heterocycles. The number of aryl methyl sites for hydroxylation is 1. The molecule has 6 heteroatoms. The lowest BCUT2D eigenvalue weighted by molar-refractivity contribution is 0.0952. The molecule has 1 aromatic carbocycles. The maximum atomic E-state index is 12.6. The van der Waals surface area contributed by atoms with Gasteiger partial charge in [0.1, 0.15) is 0 Å². The number of fused-ring (bicyclic) bond motifs is 1. The van der Waals surface area contributed by atoms with Gasteiger partial charge in [-0.3, -0.25) is 9.59 Å². The summed E-state index contributed by atoms with van der Waals surface area (Å²) in [6.07, 6.45) is 3.62. The van der Waals surface area contributed by atoms with Crippen molar-refractivity contribution < 1.29 is 4.79 Å². The molecule has 27 heavy (non-hydrogen) atoms. The number of carbonyl (C=O) groups is 1. The van der Waals surface area contributed by atoms with E-state index in [0.717, 1.165) is 16.5 Å². The smallest absolute Gasteiger partial charge is 0.251 e. The average Bonchev–Trinajstić information content (AvgIpc) is 3.35. The van der Waals surface area contributed by atoms with E-state index in [9.17, 15) is 9.59 Å². The van der Waals surface area contributed by atoms with Crippen LogP contribution >= 0.6 is 11.3 Å². The minimum Gasteiger partial charge on any atom is -0.361 e. The molecule has 0 aliphatic rings. The van der Waals surface area contributed by atoms with Gasteiger partial charge in [-0.2, -0.15) is 0 Å². The van der Waals surface area contributed by atoms with E-state index >= 15 is 0 Å². The Balaban J connectivity index is 1.62. The molecule has 136 valence electrons. The van der Waals surface area contributed by atoms with Gasteiger partial charge in [0, 0.05) is 59.3 Å². The van der Waals surface area contributed by atoms with Crippen LogP contribution in [0.2, 0.25) is 0 Å². The highest BCUT2D eigenvalue weighted by Gasteiger charge is 2.20. The predicted molar refractivity (Wildman–Crippen MR) is 108 cm³/mol. The Bertz CT molecular complexity index is 1140. The Hall–Kier alpha value is -3.12. The van der Waals surface area contributed by atoms with Crippen LogP contribution in [0.5, 0.6) is 0 Å². The molecule has 0 saturated carbocycles. The fourth-order valence-electron chi connectivity index (χ4n) is 3.22. The van der Waals surface area contributed by atoms with E-state index in [1.807, 2.05) is 35.8 Å². The van der Waals surface area contributed by atoms with Gasteiger partial charge in [-0.1, -0.05) is 24.3 Å². The third-order valence-electron chi connectivity index (χ3n) is 4.72. The zero-order valence-corrected chi connectivity index (χ0v) is 15.6. The van der Waals surface area contributed by atoms with Crippen molar-refractivity contribution in [3.05, 3.63) is 92.7 Å². The van der Waals surface area contributed by atoms with Crippen LogP contribution in [0.25, 0.3) is 10.9 Å². The summed E-state index contributed by atoms with van der Waals surface area (Å²) in [6.45, 7) is 0.455. The van der Waals surface area contributed by atoms with Crippen LogP contribution < -0.4 is 10.9 Å². The first-order chi connectivity index (χ1) is 13.1. The Kier molecular flexibility index (Phi) is 4.64. The zero-order chi connectivity index (χ0) is 18.8. The summed E-state index contributed by atoms with van der Waals surface area (Å²) in [5.74, 6) is -0.203. The molecule has 5 nitrogen and oxygen atoms in total. The number of nitrogens with one attached hydrogen (secondary N) is 2. The molecule has 0 bridgehead atoms. The number of H-pyrrole nitrogens is 1. The van der Waals surface area contributed by atoms with Crippen LogP contribution in [0.4, 0.5) is 0 Å². The maximum absolute atomic E-state index is 12.6. The Labute approximate surface area is 160 Å². The summed E-state index contributed by atoms with van der Waals surface area (Å²) in [7, 11) is 1.66. The molecule has 0 aliphatic carbocycles. The monoisotopic (exact) mass is 377 g/mol. The molecule has 3 heterocycles. The van der Waals surface area contributed by atoms with Crippen molar-refractivity contribution in [2.24, 2.45) is 7.05 Å². The van der Waals surface area contributed by atoms with E-state index in [-0.39, 0.29) is 17.4 Å². The van der Waals surface area contributed by atoms with Crippen molar-refractivity contribution >= 4 is 28.1 Å². The first kappa shape index (κ1) is 17.3. The molecular formula is C21H19N3O2S. The first-order valence-electron chi connectivity index (χ1n) is 8.68. The van der Waals surface area contributed by atoms with Gasteiger partial charge in [-0.05, 0) is 29.1 Å². The highest BCUT2D eigenvalue weighted by molar-refractivity contribution is 7.10. The van der Waals surface area contributed by atoms with Crippen molar-refractivity contribution in [2.75, 3.05) is 6.54 Å². The van der Waals surface area contributed by atoms with Crippen molar-refractivity contribution in [1.82, 2.24) is 14.9 Å². The normalized spacial score (nSPS) is 12.2. The van der Waals surface area contributed by atoms with Gasteiger partial charge in [0.15, 0.2) is 0 Å². The second-order valence-electron chi connectivity index (χ2n) is 6.43. The summed E-state index contributed by atoms with van der Waals surface area (Å²) in [6, 6.07) is 15.3. The molecule has 0 radical (unpaired) electrons. The molecule has 3 aromatic heterocycles. The van der Waals surface area contributed by atoms with Gasteiger partial charge in [-0.25, -0.2) is 0 Å². The van der Waals surface area contributed by atoms with Gasteiger partial charge >= 0.3 is 0 Å². The van der Waals surface area contributed by atoms with Gasteiger partial charge in [-0.15, -0.1) is 11.3 Å². The fourth-order valence-corrected chi connectivity index (χ4v) is 4.07. The molecule has 1 amide bonds. The van der Waals surface area contributed by atoms with Crippen LogP contribution in [-0.2, 0) is 7.05 Å². The van der Waals surface area contributed by atoms with E-state index in [4.69, 9.17) is 0 Å². The number of aromatic nitrogens is 2. The summed E-state index contributed by atoms with van der Waals surface area (Å²) in [5.41, 5.74) is 2.40. The second kappa shape index (κ2) is 7.25. The van der Waals surface area contributed by atoms with Crippen molar-refractivity contribution in [3.8, 4) is 0 Å². The lowest BCUT2D eigenvalue weighted by Gasteiger charge is -2.16. The van der Waals surface area contributed by atoms with Crippen LogP contribution in [0.1, 0.15) is 26.7 Å². The summed E-state index contributed by atoms with van der Waals surface area (Å²) < 4.78 is 1.44. The number of nitrogens with zero attached hydrogens (tertiary/aromatic N) is 1. The van der Waals surface area contributed by atoms with Crippen LogP contribution in [0.15, 0.2) is 71.1 Å². The zero-order valence-electron chi connectivity index (χ0n) is 14.8. The summed E-state index contributed by atoms with van der Waals surface area (Å²) in [4.78, 5) is 28.8. The van der Waals surface area contributed by atoms with Crippen molar-refractivity contribution in [1.29, 1.82) is 0 Å². The highest BCUT2D eigenvalue weighted by Crippen LogP contribution is 2.32. The molecule has 0 spiro atoms. The number of carbonyl (C=O) groups excluding carboxylic acids is 1. The quantitative estimate of drug-likeness (QED) is 0.559. The lowest BCUT2D eigenvalue weighted by atomic mass is 9.96. The molecular weight excluding hydrogens is 358 g/mol. The van der Waals surface area contributed by atoms with Crippen LogP contribution in [-0.4, -0.2) is 22.0 Å². The summed E-state index contributed by atoms with van der Waals surface area (Å²) >= 11 is 1.67. The number of hydrogen-bond donors (Lipinski definition) is 2. The van der Waals surface area contributed by atoms with Gasteiger partial charge in [0.05, 0.1) is 0 Å². The average molecular weight is 377 g/mol. The van der Waals surface area contributed by atoms with Crippen LogP contribution in [0.3, 0.4) is 0 Å². The number of rotatable bonds is 5. The van der Waals surface area contributed by atoms with E-state index in [1.165, 1.54) is 15.5 Å². The van der Waals surface area contributed by atoms with E-state index in [2.05, 4.69) is 22.4 Å². The second-order valence-corrected chi connectivity index (χ2v) is 7.41. The van der Waals surface area contributed by atoms with Crippen molar-refractivity contribution in [3.63, 3.8) is 0 Å². The van der Waals surface area contributed by atoms with Gasteiger partial charge < -0.3 is 14.9 Å². The molecule has 1 atom stereocenters. The topological polar surface area (TPSA) is 66.9 Å². The SMILES string of the molecule is Cn1ccc(C(=O)NCC(c2cccs2)c2c[nH]c3ccccc23)cc1=O. The summed E-state index contributed by atoms with van der Waals surface area (Å²) in [5, 5.41) is 6.19. The number of amides is 1. The number of hydrogen-bond acceptors (Lipinski definition) is 3. The predicted octanol–water partition coefficient (Wildman–Crippen LogP) is 3.49. The van der Waals surface area contributed by atoms with E-state index in [0.29, 0.717) is 12.1 Å². The number of para-hydroxylation sites is 1. The van der Waals surface area contributed by atoms with Crippen molar-refractivity contribution in [2.45, 2.75) is 5.92 Å². The Morgan fingerprint density at radius 3 is 2.85 bits per heavy atom.